The highest BCUT2D eigenvalue weighted by atomic mass is 32.2. The molecule has 1 heterocycles. The van der Waals surface area contributed by atoms with E-state index in [1.807, 2.05) is 0 Å². The molecule has 0 radical (unpaired) electrons. The fourth-order valence-electron chi connectivity index (χ4n) is 1.83. The number of hydrogen-bond acceptors (Lipinski definition) is 3. The Hall–Kier alpha value is -1.70. The van der Waals surface area contributed by atoms with Gasteiger partial charge in [-0.15, -0.1) is 0 Å². The molecule has 8 heteroatoms. The highest BCUT2D eigenvalue weighted by Crippen LogP contribution is 2.39. The largest absolute Gasteiger partial charge is 0.481 e. The van der Waals surface area contributed by atoms with Crippen LogP contribution in [0.2, 0.25) is 0 Å². The highest BCUT2D eigenvalue weighted by Gasteiger charge is 2.38. The Morgan fingerprint density at radius 3 is 2.40 bits per heavy atom. The summed E-state index contributed by atoms with van der Waals surface area (Å²) in [6, 6.07) is 5.42. The smallest absolute Gasteiger partial charge is 0.446 e. The Labute approximate surface area is 116 Å². The Morgan fingerprint density at radius 1 is 1.25 bits per heavy atom. The van der Waals surface area contributed by atoms with Gasteiger partial charge in [0.1, 0.15) is 0 Å². The van der Waals surface area contributed by atoms with Gasteiger partial charge >= 0.3 is 11.5 Å². The average Bonchev–Trinajstić information content (AvgIpc) is 2.24. The molecule has 1 amide bonds. The third-order valence-corrected chi connectivity index (χ3v) is 3.67. The normalized spacial score (nSPS) is 15.8. The van der Waals surface area contributed by atoms with Gasteiger partial charge in [-0.2, -0.15) is 13.2 Å². The van der Waals surface area contributed by atoms with E-state index >= 15 is 0 Å². The van der Waals surface area contributed by atoms with E-state index in [1.54, 1.807) is 0 Å². The van der Waals surface area contributed by atoms with E-state index in [1.165, 1.54) is 29.2 Å². The number of carboxylic acid groups (broad SMARTS) is 1. The van der Waals surface area contributed by atoms with Gasteiger partial charge < -0.3 is 10.0 Å². The summed E-state index contributed by atoms with van der Waals surface area (Å²) >= 11 is -0.349. The van der Waals surface area contributed by atoms with Crippen molar-refractivity contribution in [2.45, 2.75) is 10.4 Å². The number of thioether (sulfide) groups is 1. The van der Waals surface area contributed by atoms with Crippen molar-refractivity contribution in [3.05, 3.63) is 29.8 Å². The van der Waals surface area contributed by atoms with Crippen molar-refractivity contribution in [1.82, 2.24) is 4.90 Å². The van der Waals surface area contributed by atoms with Crippen LogP contribution in [0.15, 0.2) is 29.2 Å². The predicted octanol–water partition coefficient (Wildman–Crippen LogP) is 2.46. The van der Waals surface area contributed by atoms with Crippen LogP contribution in [0, 0.1) is 5.92 Å². The second kappa shape index (κ2) is 5.35. The maximum Gasteiger partial charge on any atom is 0.446 e. The lowest BCUT2D eigenvalue weighted by atomic mass is 9.99. The lowest BCUT2D eigenvalue weighted by molar-refractivity contribution is -0.146. The van der Waals surface area contributed by atoms with Gasteiger partial charge in [-0.25, -0.2) is 0 Å². The molecule has 1 aromatic rings. The number of likely N-dealkylation sites (tertiary alicyclic amines) is 1. The Morgan fingerprint density at radius 2 is 1.85 bits per heavy atom. The molecule has 0 aromatic heterocycles. The lowest BCUT2D eigenvalue weighted by Crippen LogP contribution is -2.53. The number of rotatable bonds is 3. The first kappa shape index (κ1) is 14.7. The number of halogens is 3. The number of hydrogen-bond donors (Lipinski definition) is 1. The van der Waals surface area contributed by atoms with Crippen molar-refractivity contribution in [3.63, 3.8) is 0 Å². The molecule has 108 valence electrons. The SMILES string of the molecule is O=C(O)C1CN(C(=O)c2ccccc2SC(F)(F)F)C1. The monoisotopic (exact) mass is 305 g/mol. The van der Waals surface area contributed by atoms with Crippen LogP contribution in [0.3, 0.4) is 0 Å². The zero-order valence-electron chi connectivity index (χ0n) is 10.1. The molecule has 0 aliphatic carbocycles. The standard InChI is InChI=1S/C12H10F3NO3S/c13-12(14,15)20-9-4-2-1-3-8(9)10(17)16-5-7(6-16)11(18)19/h1-4,7H,5-6H2,(H,18,19). The maximum absolute atomic E-state index is 12.4. The summed E-state index contributed by atoms with van der Waals surface area (Å²) in [6.07, 6.45) is 0. The van der Waals surface area contributed by atoms with Crippen LogP contribution in [0.4, 0.5) is 13.2 Å². The van der Waals surface area contributed by atoms with Crippen LogP contribution in [-0.4, -0.2) is 40.5 Å². The number of carboxylic acids is 1. The molecule has 0 unspecified atom stereocenters. The minimum atomic E-state index is -4.48. The third kappa shape index (κ3) is 3.24. The fraction of sp³-hybridized carbons (Fsp3) is 0.333. The molecular weight excluding hydrogens is 295 g/mol. The summed E-state index contributed by atoms with van der Waals surface area (Å²) in [6.45, 7) is 0.0539. The topological polar surface area (TPSA) is 57.6 Å². The number of carbonyl (C=O) groups excluding carboxylic acids is 1. The number of carbonyl (C=O) groups is 2. The number of amides is 1. The van der Waals surface area contributed by atoms with Crippen LogP contribution < -0.4 is 0 Å². The molecule has 1 aliphatic heterocycles. The molecule has 1 aromatic carbocycles. The van der Waals surface area contributed by atoms with Crippen molar-refractivity contribution in [1.29, 1.82) is 0 Å². The molecule has 0 bridgehead atoms. The number of nitrogens with zero attached hydrogens (tertiary/aromatic N) is 1. The maximum atomic E-state index is 12.4. The van der Waals surface area contributed by atoms with Crippen molar-refractivity contribution < 1.29 is 27.9 Å². The number of alkyl halides is 3. The number of benzene rings is 1. The van der Waals surface area contributed by atoms with E-state index in [0.29, 0.717) is 0 Å². The molecule has 1 fully saturated rings. The van der Waals surface area contributed by atoms with Gasteiger partial charge in [0.15, 0.2) is 0 Å². The Kier molecular flexibility index (Phi) is 3.94. The van der Waals surface area contributed by atoms with Crippen LogP contribution in [0.25, 0.3) is 0 Å². The van der Waals surface area contributed by atoms with Crippen molar-refractivity contribution in [2.75, 3.05) is 13.1 Å². The van der Waals surface area contributed by atoms with Crippen molar-refractivity contribution >= 4 is 23.6 Å². The van der Waals surface area contributed by atoms with E-state index in [2.05, 4.69) is 0 Å². The summed E-state index contributed by atoms with van der Waals surface area (Å²) in [7, 11) is 0. The quantitative estimate of drug-likeness (QED) is 0.872. The van der Waals surface area contributed by atoms with E-state index in [4.69, 9.17) is 5.11 Å². The van der Waals surface area contributed by atoms with Crippen LogP contribution in [0.5, 0.6) is 0 Å². The van der Waals surface area contributed by atoms with Crippen LogP contribution in [-0.2, 0) is 4.79 Å². The van der Waals surface area contributed by atoms with Gasteiger partial charge in [-0.05, 0) is 23.9 Å². The second-order valence-electron chi connectivity index (χ2n) is 4.29. The van der Waals surface area contributed by atoms with Gasteiger partial charge in [0.05, 0.1) is 11.5 Å². The number of aliphatic carboxylic acids is 1. The molecule has 1 N–H and O–H groups in total. The first-order valence-electron chi connectivity index (χ1n) is 5.65. The van der Waals surface area contributed by atoms with Gasteiger partial charge in [-0.1, -0.05) is 12.1 Å². The van der Waals surface area contributed by atoms with E-state index in [0.717, 1.165) is 0 Å². The zero-order chi connectivity index (χ0) is 14.9. The third-order valence-electron chi connectivity index (χ3n) is 2.86. The van der Waals surface area contributed by atoms with Gasteiger partial charge in [0, 0.05) is 18.0 Å². The van der Waals surface area contributed by atoms with Crippen LogP contribution >= 0.6 is 11.8 Å². The molecule has 0 spiro atoms. The summed E-state index contributed by atoms with van der Waals surface area (Å²) in [4.78, 5) is 23.8. The minimum absolute atomic E-state index is 0.0270. The van der Waals surface area contributed by atoms with Gasteiger partial charge in [0.2, 0.25) is 0 Å². The van der Waals surface area contributed by atoms with E-state index in [-0.39, 0.29) is 35.3 Å². The molecule has 2 rings (SSSR count). The summed E-state index contributed by atoms with van der Waals surface area (Å²) in [5.74, 6) is -2.22. The molecule has 1 saturated heterocycles. The van der Waals surface area contributed by atoms with Gasteiger partial charge in [0.25, 0.3) is 5.91 Å². The molecule has 0 saturated carbocycles. The molecule has 20 heavy (non-hydrogen) atoms. The first-order chi connectivity index (χ1) is 9.28. The highest BCUT2D eigenvalue weighted by molar-refractivity contribution is 8.00. The molecule has 0 atom stereocenters. The average molecular weight is 305 g/mol. The van der Waals surface area contributed by atoms with E-state index in [9.17, 15) is 22.8 Å². The Balaban J connectivity index is 2.13. The van der Waals surface area contributed by atoms with Crippen LogP contribution in [0.1, 0.15) is 10.4 Å². The second-order valence-corrected chi connectivity index (χ2v) is 5.40. The van der Waals surface area contributed by atoms with E-state index < -0.39 is 23.3 Å². The molecule has 1 aliphatic rings. The first-order valence-corrected chi connectivity index (χ1v) is 6.46. The van der Waals surface area contributed by atoms with Crippen molar-refractivity contribution in [2.24, 2.45) is 5.92 Å². The lowest BCUT2D eigenvalue weighted by Gasteiger charge is -2.37. The summed E-state index contributed by atoms with van der Waals surface area (Å²) < 4.78 is 37.2. The Bertz CT molecular complexity index is 541. The predicted molar refractivity (Wildman–Crippen MR) is 65.4 cm³/mol. The zero-order valence-corrected chi connectivity index (χ0v) is 10.9. The minimum Gasteiger partial charge on any atom is -0.481 e. The van der Waals surface area contributed by atoms with Gasteiger partial charge in [-0.3, -0.25) is 9.59 Å². The summed E-state index contributed by atoms with van der Waals surface area (Å²) in [5.41, 5.74) is -4.53. The van der Waals surface area contributed by atoms with Crippen molar-refractivity contribution in [3.8, 4) is 0 Å². The summed E-state index contributed by atoms with van der Waals surface area (Å²) in [5, 5.41) is 8.72. The fourth-order valence-corrected chi connectivity index (χ4v) is 2.49. The molecular formula is C12H10F3NO3S. The molecule has 4 nitrogen and oxygen atoms in total.